The molecule has 0 spiro atoms. The second-order valence-electron chi connectivity index (χ2n) is 5.73. The highest BCUT2D eigenvalue weighted by atomic mass is 35.5. The van der Waals surface area contributed by atoms with Gasteiger partial charge in [0.1, 0.15) is 0 Å². The number of nitro groups is 1. The topological polar surface area (TPSA) is 52.4 Å². The van der Waals surface area contributed by atoms with E-state index >= 15 is 0 Å². The number of rotatable bonds is 5. The quantitative estimate of drug-likeness (QED) is 0.362. The van der Waals surface area contributed by atoms with E-state index in [1.807, 2.05) is 0 Å². The molecule has 1 aliphatic carbocycles. The summed E-state index contributed by atoms with van der Waals surface area (Å²) in [6.07, 6.45) is 6.97. The SMILES string of the molecule is O=[N+]([O-])c1cc(Cl)ccc1OCC1(CS)CCCCCC1. The standard InChI is InChI=1S/C15H20ClNO3S/c16-12-5-6-14(13(9-12)17(18)19)20-10-15(11-21)7-3-1-2-4-8-15/h5-6,9,21H,1-4,7-8,10-11H2. The highest BCUT2D eigenvalue weighted by Gasteiger charge is 2.31. The van der Waals surface area contributed by atoms with Gasteiger partial charge in [-0.25, -0.2) is 0 Å². The number of hydrogen-bond donors (Lipinski definition) is 1. The van der Waals surface area contributed by atoms with Crippen molar-refractivity contribution in [1.82, 2.24) is 0 Å². The maximum absolute atomic E-state index is 11.1. The second-order valence-corrected chi connectivity index (χ2v) is 6.48. The van der Waals surface area contributed by atoms with Gasteiger partial charge in [0.25, 0.3) is 0 Å². The molecule has 0 radical (unpaired) electrons. The summed E-state index contributed by atoms with van der Waals surface area (Å²) in [7, 11) is 0. The number of ether oxygens (including phenoxy) is 1. The molecule has 2 rings (SSSR count). The molecule has 1 fully saturated rings. The van der Waals surface area contributed by atoms with Gasteiger partial charge in [0.15, 0.2) is 5.75 Å². The summed E-state index contributed by atoms with van der Waals surface area (Å²) >= 11 is 10.3. The Morgan fingerprint density at radius 3 is 2.52 bits per heavy atom. The van der Waals surface area contributed by atoms with Crippen molar-refractivity contribution in [3.05, 3.63) is 33.3 Å². The molecule has 21 heavy (non-hydrogen) atoms. The number of halogens is 1. The smallest absolute Gasteiger partial charge is 0.312 e. The fourth-order valence-corrected chi connectivity index (χ4v) is 3.39. The fraction of sp³-hybridized carbons (Fsp3) is 0.600. The predicted molar refractivity (Wildman–Crippen MR) is 87.6 cm³/mol. The monoisotopic (exact) mass is 329 g/mol. The molecule has 116 valence electrons. The van der Waals surface area contributed by atoms with Crippen molar-refractivity contribution < 1.29 is 9.66 Å². The molecule has 0 atom stereocenters. The van der Waals surface area contributed by atoms with E-state index < -0.39 is 4.92 Å². The summed E-state index contributed by atoms with van der Waals surface area (Å²) in [5.74, 6) is 1.03. The number of nitrogens with zero attached hydrogens (tertiary/aromatic N) is 1. The normalized spacial score (nSPS) is 18.0. The molecule has 1 aromatic rings. The van der Waals surface area contributed by atoms with E-state index in [1.165, 1.54) is 31.7 Å². The van der Waals surface area contributed by atoms with E-state index in [0.717, 1.165) is 18.6 Å². The van der Waals surface area contributed by atoms with Gasteiger partial charge in [0, 0.05) is 16.5 Å². The van der Waals surface area contributed by atoms with Crippen LogP contribution in [0.4, 0.5) is 5.69 Å². The molecule has 0 heterocycles. The molecule has 0 aliphatic heterocycles. The Labute approximate surface area is 135 Å². The van der Waals surface area contributed by atoms with Gasteiger partial charge in [-0.15, -0.1) is 0 Å². The van der Waals surface area contributed by atoms with Gasteiger partial charge in [-0.1, -0.05) is 37.3 Å². The maximum atomic E-state index is 11.1. The minimum atomic E-state index is -0.457. The van der Waals surface area contributed by atoms with E-state index in [1.54, 1.807) is 12.1 Å². The van der Waals surface area contributed by atoms with Gasteiger partial charge in [-0.2, -0.15) is 12.6 Å². The Morgan fingerprint density at radius 1 is 1.29 bits per heavy atom. The molecule has 0 bridgehead atoms. The summed E-state index contributed by atoms with van der Waals surface area (Å²) < 4.78 is 5.79. The lowest BCUT2D eigenvalue weighted by Gasteiger charge is -2.30. The van der Waals surface area contributed by atoms with Crippen LogP contribution in [0.15, 0.2) is 18.2 Å². The molecular weight excluding hydrogens is 310 g/mol. The van der Waals surface area contributed by atoms with Crippen LogP contribution in [-0.4, -0.2) is 17.3 Å². The summed E-state index contributed by atoms with van der Waals surface area (Å²) in [5.41, 5.74) is -0.0574. The van der Waals surface area contributed by atoms with Crippen molar-refractivity contribution in [2.24, 2.45) is 5.41 Å². The van der Waals surface area contributed by atoms with Crippen LogP contribution in [0.1, 0.15) is 38.5 Å². The molecule has 4 nitrogen and oxygen atoms in total. The summed E-state index contributed by atoms with van der Waals surface area (Å²) in [6.45, 7) is 0.471. The van der Waals surface area contributed by atoms with Gasteiger partial charge in [-0.05, 0) is 30.7 Å². The first kappa shape index (κ1) is 16.4. The average Bonchev–Trinajstić information content (AvgIpc) is 2.72. The molecule has 0 aromatic heterocycles. The highest BCUT2D eigenvalue weighted by Crippen LogP contribution is 2.38. The maximum Gasteiger partial charge on any atom is 0.312 e. The van der Waals surface area contributed by atoms with Crippen LogP contribution in [0.2, 0.25) is 5.02 Å². The van der Waals surface area contributed by atoms with Gasteiger partial charge in [-0.3, -0.25) is 10.1 Å². The lowest BCUT2D eigenvalue weighted by Crippen LogP contribution is -2.30. The van der Waals surface area contributed by atoms with E-state index in [4.69, 9.17) is 16.3 Å². The van der Waals surface area contributed by atoms with Crippen LogP contribution in [0.5, 0.6) is 5.75 Å². The minimum Gasteiger partial charge on any atom is -0.486 e. The lowest BCUT2D eigenvalue weighted by atomic mass is 9.83. The molecule has 0 unspecified atom stereocenters. The van der Waals surface area contributed by atoms with Crippen molar-refractivity contribution in [2.75, 3.05) is 12.4 Å². The predicted octanol–water partition coefficient (Wildman–Crippen LogP) is 4.90. The fourth-order valence-electron chi connectivity index (χ4n) is 2.81. The average molecular weight is 330 g/mol. The third-order valence-electron chi connectivity index (χ3n) is 4.15. The number of benzene rings is 1. The Kier molecular flexibility index (Phi) is 5.76. The molecule has 1 aliphatic rings. The van der Waals surface area contributed by atoms with Crippen molar-refractivity contribution >= 4 is 29.9 Å². The zero-order valence-corrected chi connectivity index (χ0v) is 13.5. The van der Waals surface area contributed by atoms with Gasteiger partial charge < -0.3 is 4.74 Å². The zero-order chi connectivity index (χ0) is 15.3. The first-order valence-electron chi connectivity index (χ1n) is 7.24. The lowest BCUT2D eigenvalue weighted by molar-refractivity contribution is -0.385. The highest BCUT2D eigenvalue weighted by molar-refractivity contribution is 7.80. The summed E-state index contributed by atoms with van der Waals surface area (Å²) in [5, 5.41) is 11.4. The van der Waals surface area contributed by atoms with E-state index in [9.17, 15) is 10.1 Å². The van der Waals surface area contributed by atoms with Gasteiger partial charge in [0.2, 0.25) is 0 Å². The van der Waals surface area contributed by atoms with Crippen LogP contribution in [-0.2, 0) is 0 Å². The van der Waals surface area contributed by atoms with Crippen LogP contribution < -0.4 is 4.74 Å². The van der Waals surface area contributed by atoms with Gasteiger partial charge in [0.05, 0.1) is 11.5 Å². The van der Waals surface area contributed by atoms with Gasteiger partial charge >= 0.3 is 5.69 Å². The first-order valence-corrected chi connectivity index (χ1v) is 8.25. The van der Waals surface area contributed by atoms with Crippen LogP contribution in [0.25, 0.3) is 0 Å². The number of hydrogen-bond acceptors (Lipinski definition) is 4. The Balaban J connectivity index is 2.12. The van der Waals surface area contributed by atoms with Crippen LogP contribution in [0, 0.1) is 15.5 Å². The molecule has 1 aromatic carbocycles. The Morgan fingerprint density at radius 2 is 1.95 bits per heavy atom. The number of nitro benzene ring substituents is 1. The second kappa shape index (κ2) is 7.36. The Bertz CT molecular complexity index is 502. The van der Waals surface area contributed by atoms with Crippen LogP contribution >= 0.6 is 24.2 Å². The zero-order valence-electron chi connectivity index (χ0n) is 11.9. The summed E-state index contributed by atoms with van der Waals surface area (Å²) in [6, 6.07) is 4.52. The van der Waals surface area contributed by atoms with E-state index in [-0.39, 0.29) is 16.9 Å². The number of thiol groups is 1. The third kappa shape index (κ3) is 4.27. The van der Waals surface area contributed by atoms with Crippen LogP contribution in [0.3, 0.4) is 0 Å². The Hall–Kier alpha value is -0.940. The van der Waals surface area contributed by atoms with Crippen molar-refractivity contribution in [2.45, 2.75) is 38.5 Å². The summed E-state index contributed by atoms with van der Waals surface area (Å²) in [4.78, 5) is 10.6. The minimum absolute atomic E-state index is 0.0209. The van der Waals surface area contributed by atoms with E-state index in [2.05, 4.69) is 12.6 Å². The van der Waals surface area contributed by atoms with Crippen molar-refractivity contribution in [3.8, 4) is 5.75 Å². The molecule has 0 N–H and O–H groups in total. The van der Waals surface area contributed by atoms with Crippen molar-refractivity contribution in [3.63, 3.8) is 0 Å². The third-order valence-corrected chi connectivity index (χ3v) is 5.06. The molecule has 6 heteroatoms. The largest absolute Gasteiger partial charge is 0.486 e. The molecular formula is C15H20ClNO3S. The molecule has 0 amide bonds. The van der Waals surface area contributed by atoms with Crippen molar-refractivity contribution in [1.29, 1.82) is 0 Å². The molecule has 0 saturated heterocycles. The first-order chi connectivity index (χ1) is 10.1. The van der Waals surface area contributed by atoms with E-state index in [0.29, 0.717) is 11.6 Å². The molecule has 1 saturated carbocycles.